The Morgan fingerprint density at radius 1 is 1.06 bits per heavy atom. The van der Waals surface area contributed by atoms with Gasteiger partial charge in [-0.3, -0.25) is 9.78 Å². The van der Waals surface area contributed by atoms with Crippen molar-refractivity contribution in [2.24, 2.45) is 0 Å². The lowest BCUT2D eigenvalue weighted by Crippen LogP contribution is -2.06. The lowest BCUT2D eigenvalue weighted by Gasteiger charge is -2.08. The molecule has 0 amide bonds. The molecule has 1 aromatic carbocycles. The highest BCUT2D eigenvalue weighted by Crippen LogP contribution is 2.18. The number of halogens is 1. The van der Waals surface area contributed by atoms with Crippen LogP contribution in [-0.4, -0.2) is 10.8 Å². The standard InChI is InChI=1S/C15H14BrNO/c1-9-6-11(3)13(7-10(9)2)15(18)14-5-4-12(16)8-17-14/h4-8H,1-3H3. The van der Waals surface area contributed by atoms with Gasteiger partial charge in [-0.2, -0.15) is 0 Å². The fourth-order valence-electron chi connectivity index (χ4n) is 1.85. The third-order valence-corrected chi connectivity index (χ3v) is 3.51. The minimum absolute atomic E-state index is 0.0249. The fourth-order valence-corrected chi connectivity index (χ4v) is 2.09. The number of carbonyl (C=O) groups excluding carboxylic acids is 1. The summed E-state index contributed by atoms with van der Waals surface area (Å²) in [7, 11) is 0. The van der Waals surface area contributed by atoms with Gasteiger partial charge in [-0.05, 0) is 71.6 Å². The van der Waals surface area contributed by atoms with Crippen molar-refractivity contribution in [3.05, 3.63) is 62.9 Å². The molecule has 0 spiro atoms. The quantitative estimate of drug-likeness (QED) is 0.785. The van der Waals surface area contributed by atoms with Crippen molar-refractivity contribution < 1.29 is 4.79 Å². The van der Waals surface area contributed by atoms with Crippen LogP contribution in [0.3, 0.4) is 0 Å². The molecule has 1 aromatic heterocycles. The van der Waals surface area contributed by atoms with Crippen molar-refractivity contribution in [3.8, 4) is 0 Å². The molecule has 0 saturated carbocycles. The van der Waals surface area contributed by atoms with Gasteiger partial charge in [0.25, 0.3) is 0 Å². The van der Waals surface area contributed by atoms with Crippen molar-refractivity contribution in [1.82, 2.24) is 4.98 Å². The molecule has 1 heterocycles. The van der Waals surface area contributed by atoms with Crippen LogP contribution in [0, 0.1) is 20.8 Å². The van der Waals surface area contributed by atoms with E-state index in [-0.39, 0.29) is 5.78 Å². The van der Waals surface area contributed by atoms with Crippen LogP contribution in [0.1, 0.15) is 32.7 Å². The second-order valence-corrected chi connectivity index (χ2v) is 5.36. The van der Waals surface area contributed by atoms with E-state index in [1.165, 1.54) is 5.56 Å². The van der Waals surface area contributed by atoms with Gasteiger partial charge in [-0.25, -0.2) is 0 Å². The molecule has 2 rings (SSSR count). The molecule has 18 heavy (non-hydrogen) atoms. The molecule has 0 aliphatic rings. The first-order valence-electron chi connectivity index (χ1n) is 5.73. The van der Waals surface area contributed by atoms with E-state index in [1.807, 2.05) is 32.0 Å². The molecule has 0 radical (unpaired) electrons. The number of carbonyl (C=O) groups is 1. The van der Waals surface area contributed by atoms with Crippen LogP contribution < -0.4 is 0 Å². The van der Waals surface area contributed by atoms with Crippen LogP contribution in [0.25, 0.3) is 0 Å². The molecule has 3 heteroatoms. The van der Waals surface area contributed by atoms with Crippen LogP contribution in [0.2, 0.25) is 0 Å². The maximum Gasteiger partial charge on any atom is 0.211 e. The molecule has 0 N–H and O–H groups in total. The van der Waals surface area contributed by atoms with Crippen LogP contribution >= 0.6 is 15.9 Å². The second-order valence-electron chi connectivity index (χ2n) is 4.44. The molecular formula is C15H14BrNO. The summed E-state index contributed by atoms with van der Waals surface area (Å²) >= 11 is 3.31. The Morgan fingerprint density at radius 2 is 1.72 bits per heavy atom. The van der Waals surface area contributed by atoms with Gasteiger partial charge < -0.3 is 0 Å². The summed E-state index contributed by atoms with van der Waals surface area (Å²) in [5.41, 5.74) is 4.53. The van der Waals surface area contributed by atoms with Gasteiger partial charge in [0.15, 0.2) is 0 Å². The van der Waals surface area contributed by atoms with E-state index in [0.29, 0.717) is 5.69 Å². The van der Waals surface area contributed by atoms with Crippen molar-refractivity contribution in [2.45, 2.75) is 20.8 Å². The van der Waals surface area contributed by atoms with Crippen molar-refractivity contribution in [1.29, 1.82) is 0 Å². The first-order chi connectivity index (χ1) is 8.49. The van der Waals surface area contributed by atoms with Crippen molar-refractivity contribution in [2.75, 3.05) is 0 Å². The molecule has 2 nitrogen and oxygen atoms in total. The minimum Gasteiger partial charge on any atom is -0.287 e. The van der Waals surface area contributed by atoms with E-state index >= 15 is 0 Å². The Balaban J connectivity index is 2.46. The van der Waals surface area contributed by atoms with E-state index in [9.17, 15) is 4.79 Å². The Morgan fingerprint density at radius 3 is 2.33 bits per heavy atom. The summed E-state index contributed by atoms with van der Waals surface area (Å²) in [5, 5.41) is 0. The molecule has 0 atom stereocenters. The molecule has 0 aliphatic carbocycles. The summed E-state index contributed by atoms with van der Waals surface area (Å²) < 4.78 is 0.871. The highest BCUT2D eigenvalue weighted by Gasteiger charge is 2.14. The summed E-state index contributed by atoms with van der Waals surface area (Å²) in [6, 6.07) is 7.55. The Labute approximate surface area is 115 Å². The zero-order valence-corrected chi connectivity index (χ0v) is 12.2. The molecule has 0 unspecified atom stereocenters. The van der Waals surface area contributed by atoms with Crippen LogP contribution in [0.4, 0.5) is 0 Å². The number of aryl methyl sites for hydroxylation is 3. The van der Waals surface area contributed by atoms with E-state index < -0.39 is 0 Å². The van der Waals surface area contributed by atoms with Gasteiger partial charge in [0.1, 0.15) is 5.69 Å². The summed E-state index contributed by atoms with van der Waals surface area (Å²) in [4.78, 5) is 16.5. The number of rotatable bonds is 2. The first kappa shape index (κ1) is 13.0. The molecule has 2 aromatic rings. The summed E-state index contributed by atoms with van der Waals surface area (Å²) in [6.07, 6.45) is 1.64. The maximum absolute atomic E-state index is 12.4. The fraction of sp³-hybridized carbons (Fsp3) is 0.200. The van der Waals surface area contributed by atoms with Crippen LogP contribution in [0.5, 0.6) is 0 Å². The van der Waals surface area contributed by atoms with Gasteiger partial charge in [0.05, 0.1) is 0 Å². The van der Waals surface area contributed by atoms with E-state index in [1.54, 1.807) is 12.3 Å². The van der Waals surface area contributed by atoms with Crippen LogP contribution in [-0.2, 0) is 0 Å². The monoisotopic (exact) mass is 303 g/mol. The number of pyridine rings is 1. The molecule has 0 saturated heterocycles. The number of ketones is 1. The average molecular weight is 304 g/mol. The maximum atomic E-state index is 12.4. The molecule has 0 fully saturated rings. The number of benzene rings is 1. The Bertz CT molecular complexity index is 603. The zero-order valence-electron chi connectivity index (χ0n) is 10.6. The third-order valence-electron chi connectivity index (χ3n) is 3.05. The zero-order chi connectivity index (χ0) is 13.3. The van der Waals surface area contributed by atoms with Crippen LogP contribution in [0.15, 0.2) is 34.9 Å². The van der Waals surface area contributed by atoms with Gasteiger partial charge in [-0.15, -0.1) is 0 Å². The Hall–Kier alpha value is -1.48. The highest BCUT2D eigenvalue weighted by atomic mass is 79.9. The molecule has 0 bridgehead atoms. The normalized spacial score (nSPS) is 10.4. The van der Waals surface area contributed by atoms with E-state index in [0.717, 1.165) is 21.2 Å². The second kappa shape index (κ2) is 5.02. The molecular weight excluding hydrogens is 290 g/mol. The third kappa shape index (κ3) is 2.51. The van der Waals surface area contributed by atoms with Crippen molar-refractivity contribution in [3.63, 3.8) is 0 Å². The predicted molar refractivity (Wildman–Crippen MR) is 76.0 cm³/mol. The summed E-state index contributed by atoms with van der Waals surface area (Å²) in [6.45, 7) is 6.02. The number of hydrogen-bond acceptors (Lipinski definition) is 2. The van der Waals surface area contributed by atoms with Gasteiger partial charge in [-0.1, -0.05) is 6.07 Å². The Kier molecular flexibility index (Phi) is 3.62. The first-order valence-corrected chi connectivity index (χ1v) is 6.52. The number of nitrogens with zero attached hydrogens (tertiary/aromatic N) is 1. The molecule has 92 valence electrons. The largest absolute Gasteiger partial charge is 0.287 e. The lowest BCUT2D eigenvalue weighted by molar-refractivity contribution is 0.103. The van der Waals surface area contributed by atoms with Crippen molar-refractivity contribution >= 4 is 21.7 Å². The van der Waals surface area contributed by atoms with Gasteiger partial charge in [0, 0.05) is 16.2 Å². The lowest BCUT2D eigenvalue weighted by atomic mass is 9.97. The molecule has 0 aliphatic heterocycles. The SMILES string of the molecule is Cc1cc(C)c(C(=O)c2ccc(Br)cn2)cc1C. The average Bonchev–Trinajstić information content (AvgIpc) is 2.34. The topological polar surface area (TPSA) is 30.0 Å². The van der Waals surface area contributed by atoms with Gasteiger partial charge in [0.2, 0.25) is 5.78 Å². The number of hydrogen-bond donors (Lipinski definition) is 0. The summed E-state index contributed by atoms with van der Waals surface area (Å²) in [5.74, 6) is -0.0249. The number of aromatic nitrogens is 1. The minimum atomic E-state index is -0.0249. The van der Waals surface area contributed by atoms with Gasteiger partial charge >= 0.3 is 0 Å². The smallest absolute Gasteiger partial charge is 0.211 e. The van der Waals surface area contributed by atoms with E-state index in [4.69, 9.17) is 0 Å². The highest BCUT2D eigenvalue weighted by molar-refractivity contribution is 9.10. The van der Waals surface area contributed by atoms with E-state index in [2.05, 4.69) is 27.8 Å². The predicted octanol–water partition coefficient (Wildman–Crippen LogP) is 4.00.